The second-order valence-electron chi connectivity index (χ2n) is 4.09. The fourth-order valence-electron chi connectivity index (χ4n) is 1.84. The van der Waals surface area contributed by atoms with Crippen molar-refractivity contribution in [3.8, 4) is 6.07 Å². The van der Waals surface area contributed by atoms with Crippen molar-refractivity contribution in [2.45, 2.75) is 0 Å². The summed E-state index contributed by atoms with van der Waals surface area (Å²) in [5.41, 5.74) is 3.20. The summed E-state index contributed by atoms with van der Waals surface area (Å²) >= 11 is 0. The van der Waals surface area contributed by atoms with Gasteiger partial charge in [-0.05, 0) is 35.9 Å². The average molecular weight is 246 g/mol. The van der Waals surface area contributed by atoms with Crippen LogP contribution in [0.25, 0.3) is 23.3 Å². The highest BCUT2D eigenvalue weighted by Crippen LogP contribution is 2.16. The van der Waals surface area contributed by atoms with Crippen molar-refractivity contribution in [1.82, 2.24) is 4.98 Å². The van der Waals surface area contributed by atoms with E-state index in [2.05, 4.69) is 11.1 Å². The van der Waals surface area contributed by atoms with E-state index in [9.17, 15) is 0 Å². The van der Waals surface area contributed by atoms with E-state index in [1.807, 2.05) is 48.5 Å². The van der Waals surface area contributed by atoms with Crippen LogP contribution in [0.4, 0.5) is 0 Å². The maximum absolute atomic E-state index is 8.84. The number of fused-ring (bicyclic) bond motifs is 1. The minimum Gasteiger partial charge on any atom is -0.437 e. The molecule has 0 aliphatic heterocycles. The number of para-hydroxylation sites is 2. The lowest BCUT2D eigenvalue weighted by molar-refractivity contribution is 0.590. The number of aromatic nitrogens is 1. The quantitative estimate of drug-likeness (QED) is 0.689. The normalized spacial score (nSPS) is 10.9. The Morgan fingerprint density at radius 3 is 2.79 bits per heavy atom. The van der Waals surface area contributed by atoms with Crippen LogP contribution in [0.15, 0.2) is 52.9 Å². The summed E-state index contributed by atoms with van der Waals surface area (Å²) in [6, 6.07) is 17.1. The topological polar surface area (TPSA) is 49.8 Å². The lowest BCUT2D eigenvalue weighted by Gasteiger charge is -1.92. The van der Waals surface area contributed by atoms with E-state index in [0.717, 1.165) is 16.7 Å². The van der Waals surface area contributed by atoms with Crippen molar-refractivity contribution >= 4 is 23.3 Å². The van der Waals surface area contributed by atoms with Crippen molar-refractivity contribution in [1.29, 1.82) is 5.26 Å². The van der Waals surface area contributed by atoms with Gasteiger partial charge < -0.3 is 4.42 Å². The Balaban J connectivity index is 1.91. The molecule has 1 aromatic heterocycles. The van der Waals surface area contributed by atoms with Crippen LogP contribution in [-0.2, 0) is 0 Å². The number of oxazole rings is 1. The summed E-state index contributed by atoms with van der Waals surface area (Å²) in [6.45, 7) is 0. The Labute approximate surface area is 110 Å². The van der Waals surface area contributed by atoms with Crippen LogP contribution in [0.3, 0.4) is 0 Å². The smallest absolute Gasteiger partial charge is 0.220 e. The molecule has 0 spiro atoms. The van der Waals surface area contributed by atoms with E-state index in [1.54, 1.807) is 12.1 Å². The van der Waals surface area contributed by atoms with Crippen molar-refractivity contribution < 1.29 is 4.42 Å². The first-order chi connectivity index (χ1) is 9.35. The molecule has 0 amide bonds. The van der Waals surface area contributed by atoms with Gasteiger partial charge in [-0.2, -0.15) is 5.26 Å². The first-order valence-electron chi connectivity index (χ1n) is 5.89. The van der Waals surface area contributed by atoms with Gasteiger partial charge in [-0.25, -0.2) is 4.98 Å². The molecule has 0 bridgehead atoms. The molecule has 0 saturated carbocycles. The highest BCUT2D eigenvalue weighted by atomic mass is 16.3. The van der Waals surface area contributed by atoms with E-state index < -0.39 is 0 Å². The number of nitrogens with zero attached hydrogens (tertiary/aromatic N) is 2. The van der Waals surface area contributed by atoms with Gasteiger partial charge >= 0.3 is 0 Å². The molecule has 19 heavy (non-hydrogen) atoms. The molecule has 1 heterocycles. The van der Waals surface area contributed by atoms with Crippen molar-refractivity contribution in [2.75, 3.05) is 0 Å². The summed E-state index contributed by atoms with van der Waals surface area (Å²) in [7, 11) is 0. The lowest BCUT2D eigenvalue weighted by atomic mass is 10.1. The average Bonchev–Trinajstić information content (AvgIpc) is 2.88. The first kappa shape index (κ1) is 11.2. The molecule has 0 radical (unpaired) electrons. The highest BCUT2D eigenvalue weighted by Gasteiger charge is 2.00. The molecule has 0 fully saturated rings. The van der Waals surface area contributed by atoms with E-state index in [-0.39, 0.29) is 0 Å². The summed E-state index contributed by atoms with van der Waals surface area (Å²) in [6.07, 6.45) is 3.68. The highest BCUT2D eigenvalue weighted by molar-refractivity contribution is 5.76. The van der Waals surface area contributed by atoms with E-state index in [1.165, 1.54) is 0 Å². The van der Waals surface area contributed by atoms with Crippen LogP contribution in [0, 0.1) is 11.3 Å². The van der Waals surface area contributed by atoms with E-state index in [4.69, 9.17) is 9.68 Å². The molecule has 0 aliphatic carbocycles. The second kappa shape index (κ2) is 4.79. The van der Waals surface area contributed by atoms with Gasteiger partial charge in [0.25, 0.3) is 0 Å². The Morgan fingerprint density at radius 1 is 1.05 bits per heavy atom. The van der Waals surface area contributed by atoms with Gasteiger partial charge in [0.1, 0.15) is 5.52 Å². The number of hydrogen-bond donors (Lipinski definition) is 0. The minimum atomic E-state index is 0.559. The van der Waals surface area contributed by atoms with Crippen LogP contribution in [0.1, 0.15) is 17.0 Å². The van der Waals surface area contributed by atoms with Gasteiger partial charge in [-0.3, -0.25) is 0 Å². The lowest BCUT2D eigenvalue weighted by Crippen LogP contribution is -1.76. The number of nitriles is 1. The summed E-state index contributed by atoms with van der Waals surface area (Å²) in [5.74, 6) is 0.559. The molecular formula is C16H10N2O. The molecule has 3 rings (SSSR count). The molecule has 3 aromatic rings. The standard InChI is InChI=1S/C16H10N2O/c17-11-13-5-3-4-12(10-13)8-9-16-18-14-6-1-2-7-15(14)19-16/h1-10H/b9-8-. The Kier molecular flexibility index (Phi) is 2.83. The summed E-state index contributed by atoms with van der Waals surface area (Å²) in [5, 5.41) is 8.84. The van der Waals surface area contributed by atoms with Crippen molar-refractivity contribution in [2.24, 2.45) is 0 Å². The largest absolute Gasteiger partial charge is 0.437 e. The third-order valence-corrected chi connectivity index (χ3v) is 2.74. The van der Waals surface area contributed by atoms with Crippen LogP contribution < -0.4 is 0 Å². The fourth-order valence-corrected chi connectivity index (χ4v) is 1.84. The van der Waals surface area contributed by atoms with Crippen LogP contribution >= 0.6 is 0 Å². The van der Waals surface area contributed by atoms with Gasteiger partial charge in [0, 0.05) is 6.08 Å². The molecular weight excluding hydrogens is 236 g/mol. The van der Waals surface area contributed by atoms with Crippen molar-refractivity contribution in [3.05, 3.63) is 65.5 Å². The zero-order chi connectivity index (χ0) is 13.1. The third kappa shape index (κ3) is 2.38. The first-order valence-corrected chi connectivity index (χ1v) is 5.89. The molecule has 3 heteroatoms. The molecule has 3 nitrogen and oxygen atoms in total. The predicted octanol–water partition coefficient (Wildman–Crippen LogP) is 3.87. The van der Waals surface area contributed by atoms with E-state index in [0.29, 0.717) is 11.5 Å². The third-order valence-electron chi connectivity index (χ3n) is 2.74. The van der Waals surface area contributed by atoms with E-state index >= 15 is 0 Å². The maximum Gasteiger partial charge on any atom is 0.220 e. The molecule has 0 N–H and O–H groups in total. The Hall–Kier alpha value is -2.86. The Morgan fingerprint density at radius 2 is 1.95 bits per heavy atom. The van der Waals surface area contributed by atoms with Crippen LogP contribution in [0.2, 0.25) is 0 Å². The van der Waals surface area contributed by atoms with Crippen LogP contribution in [-0.4, -0.2) is 4.98 Å². The zero-order valence-corrected chi connectivity index (χ0v) is 10.1. The van der Waals surface area contributed by atoms with Gasteiger partial charge in [0.15, 0.2) is 5.58 Å². The molecule has 90 valence electrons. The van der Waals surface area contributed by atoms with Crippen molar-refractivity contribution in [3.63, 3.8) is 0 Å². The summed E-state index contributed by atoms with van der Waals surface area (Å²) in [4.78, 5) is 4.35. The minimum absolute atomic E-state index is 0.559. The Bertz CT molecular complexity index is 761. The number of rotatable bonds is 2. The molecule has 2 aromatic carbocycles. The monoisotopic (exact) mass is 246 g/mol. The predicted molar refractivity (Wildman–Crippen MR) is 74.1 cm³/mol. The second-order valence-corrected chi connectivity index (χ2v) is 4.09. The number of hydrogen-bond acceptors (Lipinski definition) is 3. The van der Waals surface area contributed by atoms with Gasteiger partial charge in [-0.15, -0.1) is 0 Å². The SMILES string of the molecule is N#Cc1cccc(/C=C\c2nc3ccccc3o2)c1. The molecule has 0 unspecified atom stereocenters. The number of benzene rings is 2. The molecule has 0 atom stereocenters. The molecule has 0 aliphatic rings. The van der Waals surface area contributed by atoms with Crippen LogP contribution in [0.5, 0.6) is 0 Å². The molecule has 0 saturated heterocycles. The van der Waals surface area contributed by atoms with Gasteiger partial charge in [0.2, 0.25) is 5.89 Å². The fraction of sp³-hybridized carbons (Fsp3) is 0. The maximum atomic E-state index is 8.84. The van der Waals surface area contributed by atoms with Gasteiger partial charge in [0.05, 0.1) is 11.6 Å². The van der Waals surface area contributed by atoms with Gasteiger partial charge in [-0.1, -0.05) is 24.3 Å². The zero-order valence-electron chi connectivity index (χ0n) is 10.1. The summed E-state index contributed by atoms with van der Waals surface area (Å²) < 4.78 is 5.58.